The number of hydrogen-bond donors (Lipinski definition) is 0. The molecule has 3 nitrogen and oxygen atoms in total. The largest absolute Gasteiger partial charge is 0.354 e. The molecule has 0 bridgehead atoms. The molecular weight excluding hydrogens is 312 g/mol. The molecule has 0 atom stereocenters. The quantitative estimate of drug-likeness (QED) is 0.782. The van der Waals surface area contributed by atoms with E-state index in [1.54, 1.807) is 11.8 Å². The number of aromatic nitrogens is 1. The Bertz CT molecular complexity index is 584. The summed E-state index contributed by atoms with van der Waals surface area (Å²) in [5, 5.41) is 13.1. The first-order chi connectivity index (χ1) is 8.61. The van der Waals surface area contributed by atoms with Gasteiger partial charge in [0.2, 0.25) is 0 Å². The van der Waals surface area contributed by atoms with E-state index in [9.17, 15) is 0 Å². The molecule has 18 heavy (non-hydrogen) atoms. The minimum absolute atomic E-state index is 0.269. The van der Waals surface area contributed by atoms with E-state index in [1.807, 2.05) is 30.3 Å². The number of halogens is 1. The molecule has 2 aromatic rings. The van der Waals surface area contributed by atoms with Crippen molar-refractivity contribution < 1.29 is 4.52 Å². The van der Waals surface area contributed by atoms with Gasteiger partial charge in [-0.25, -0.2) is 0 Å². The predicted molar refractivity (Wildman–Crippen MR) is 75.3 cm³/mol. The van der Waals surface area contributed by atoms with Crippen molar-refractivity contribution in [2.75, 3.05) is 0 Å². The van der Waals surface area contributed by atoms with Crippen LogP contribution in [0.5, 0.6) is 0 Å². The van der Waals surface area contributed by atoms with Gasteiger partial charge in [-0.1, -0.05) is 19.0 Å². The smallest absolute Gasteiger partial charge is 0.198 e. The fraction of sp³-hybridized carbons (Fsp3) is 0.231. The standard InChI is InChI=1S/C13H11BrN2OS/c1-8(2)18-10-5-3-9(4-6-10)13-12(14)11(7-15)16-17-13/h3-6,8H,1-2H3. The summed E-state index contributed by atoms with van der Waals surface area (Å²) in [6, 6.07) is 9.99. The second-order valence-corrected chi connectivity index (χ2v) is 6.42. The number of nitrogens with zero attached hydrogens (tertiary/aromatic N) is 2. The van der Waals surface area contributed by atoms with Gasteiger partial charge in [0.05, 0.1) is 0 Å². The molecule has 5 heteroatoms. The zero-order chi connectivity index (χ0) is 13.1. The molecule has 1 aromatic carbocycles. The highest BCUT2D eigenvalue weighted by molar-refractivity contribution is 9.10. The maximum Gasteiger partial charge on any atom is 0.198 e. The fourth-order valence-electron chi connectivity index (χ4n) is 1.48. The van der Waals surface area contributed by atoms with Crippen molar-refractivity contribution in [3.05, 3.63) is 34.4 Å². The molecule has 0 aliphatic rings. The van der Waals surface area contributed by atoms with Crippen LogP contribution in [0.15, 0.2) is 38.2 Å². The minimum Gasteiger partial charge on any atom is -0.354 e. The number of nitriles is 1. The summed E-state index contributed by atoms with van der Waals surface area (Å²) >= 11 is 5.13. The van der Waals surface area contributed by atoms with Crippen LogP contribution in [0.4, 0.5) is 0 Å². The average Bonchev–Trinajstić information content (AvgIpc) is 2.71. The second kappa shape index (κ2) is 5.59. The van der Waals surface area contributed by atoms with Gasteiger partial charge in [0.25, 0.3) is 0 Å². The first-order valence-electron chi connectivity index (χ1n) is 5.44. The molecule has 1 aromatic heterocycles. The van der Waals surface area contributed by atoms with Crippen molar-refractivity contribution in [1.82, 2.24) is 5.16 Å². The average molecular weight is 323 g/mol. The number of hydrogen-bond acceptors (Lipinski definition) is 4. The molecular formula is C13H11BrN2OS. The summed E-state index contributed by atoms with van der Waals surface area (Å²) in [7, 11) is 0. The summed E-state index contributed by atoms with van der Waals surface area (Å²) in [5.41, 5.74) is 1.18. The first kappa shape index (κ1) is 13.2. The monoisotopic (exact) mass is 322 g/mol. The van der Waals surface area contributed by atoms with Crippen molar-refractivity contribution in [1.29, 1.82) is 5.26 Å². The van der Waals surface area contributed by atoms with Crippen LogP contribution in [0, 0.1) is 11.3 Å². The van der Waals surface area contributed by atoms with E-state index in [-0.39, 0.29) is 5.69 Å². The lowest BCUT2D eigenvalue weighted by atomic mass is 10.2. The Morgan fingerprint density at radius 3 is 2.50 bits per heavy atom. The molecule has 0 radical (unpaired) electrons. The van der Waals surface area contributed by atoms with E-state index in [0.29, 0.717) is 15.5 Å². The maximum atomic E-state index is 8.82. The lowest BCUT2D eigenvalue weighted by Crippen LogP contribution is -1.85. The summed E-state index contributed by atoms with van der Waals surface area (Å²) < 4.78 is 5.77. The summed E-state index contributed by atoms with van der Waals surface area (Å²) in [5.74, 6) is 0.590. The molecule has 0 N–H and O–H groups in total. The van der Waals surface area contributed by atoms with Crippen molar-refractivity contribution >= 4 is 27.7 Å². The highest BCUT2D eigenvalue weighted by Crippen LogP contribution is 2.32. The summed E-state index contributed by atoms with van der Waals surface area (Å²) in [6.07, 6.45) is 0. The fourth-order valence-corrected chi connectivity index (χ4v) is 2.78. The number of thioether (sulfide) groups is 1. The van der Waals surface area contributed by atoms with Gasteiger partial charge in [-0.05, 0) is 40.2 Å². The third kappa shape index (κ3) is 2.77. The van der Waals surface area contributed by atoms with E-state index in [1.165, 1.54) is 4.90 Å². The van der Waals surface area contributed by atoms with Gasteiger partial charge in [-0.3, -0.25) is 0 Å². The Morgan fingerprint density at radius 1 is 1.33 bits per heavy atom. The Balaban J connectivity index is 2.29. The lowest BCUT2D eigenvalue weighted by Gasteiger charge is -2.05. The molecule has 0 aliphatic carbocycles. The van der Waals surface area contributed by atoms with Crippen LogP contribution >= 0.6 is 27.7 Å². The van der Waals surface area contributed by atoms with E-state index in [4.69, 9.17) is 9.78 Å². The zero-order valence-corrected chi connectivity index (χ0v) is 12.4. The van der Waals surface area contributed by atoms with Crippen LogP contribution in [-0.4, -0.2) is 10.4 Å². The SMILES string of the molecule is CC(C)Sc1ccc(-c2onc(C#N)c2Br)cc1. The molecule has 0 fully saturated rings. The van der Waals surface area contributed by atoms with Crippen molar-refractivity contribution in [3.8, 4) is 17.4 Å². The van der Waals surface area contributed by atoms with Gasteiger partial charge in [0, 0.05) is 15.7 Å². The first-order valence-corrected chi connectivity index (χ1v) is 7.11. The predicted octanol–water partition coefficient (Wildman–Crippen LogP) is 4.48. The van der Waals surface area contributed by atoms with Crippen molar-refractivity contribution in [3.63, 3.8) is 0 Å². The van der Waals surface area contributed by atoms with E-state index in [2.05, 4.69) is 34.9 Å². The topological polar surface area (TPSA) is 49.8 Å². The van der Waals surface area contributed by atoms with Gasteiger partial charge in [-0.15, -0.1) is 11.8 Å². The lowest BCUT2D eigenvalue weighted by molar-refractivity contribution is 0.430. The van der Waals surface area contributed by atoms with Crippen LogP contribution in [0.2, 0.25) is 0 Å². The molecule has 0 saturated carbocycles. The van der Waals surface area contributed by atoms with Gasteiger partial charge >= 0.3 is 0 Å². The van der Waals surface area contributed by atoms with Gasteiger partial charge in [-0.2, -0.15) is 5.26 Å². The van der Waals surface area contributed by atoms with Crippen LogP contribution in [-0.2, 0) is 0 Å². The number of rotatable bonds is 3. The Morgan fingerprint density at radius 2 is 2.00 bits per heavy atom. The van der Waals surface area contributed by atoms with Crippen LogP contribution in [0.1, 0.15) is 19.5 Å². The van der Waals surface area contributed by atoms with E-state index in [0.717, 1.165) is 5.56 Å². The molecule has 0 saturated heterocycles. The van der Waals surface area contributed by atoms with Crippen LogP contribution in [0.3, 0.4) is 0 Å². The second-order valence-electron chi connectivity index (χ2n) is 3.98. The molecule has 0 spiro atoms. The minimum atomic E-state index is 0.269. The Hall–Kier alpha value is -1.25. The van der Waals surface area contributed by atoms with Gasteiger partial charge in [0.15, 0.2) is 11.5 Å². The Labute approximate surface area is 118 Å². The van der Waals surface area contributed by atoms with Gasteiger partial charge < -0.3 is 4.52 Å². The highest BCUT2D eigenvalue weighted by Gasteiger charge is 2.14. The molecule has 92 valence electrons. The molecule has 0 unspecified atom stereocenters. The van der Waals surface area contributed by atoms with Crippen molar-refractivity contribution in [2.24, 2.45) is 0 Å². The van der Waals surface area contributed by atoms with Crippen molar-refractivity contribution in [2.45, 2.75) is 24.0 Å². The Kier molecular flexibility index (Phi) is 4.10. The molecule has 1 heterocycles. The van der Waals surface area contributed by atoms with Crippen LogP contribution in [0.25, 0.3) is 11.3 Å². The molecule has 0 aliphatic heterocycles. The van der Waals surface area contributed by atoms with Gasteiger partial charge in [0.1, 0.15) is 10.5 Å². The van der Waals surface area contributed by atoms with E-state index >= 15 is 0 Å². The summed E-state index contributed by atoms with van der Waals surface area (Å²) in [4.78, 5) is 1.21. The molecule has 2 rings (SSSR count). The third-order valence-corrected chi connectivity index (χ3v) is 3.98. The van der Waals surface area contributed by atoms with E-state index < -0.39 is 0 Å². The molecule has 0 amide bonds. The highest BCUT2D eigenvalue weighted by atomic mass is 79.9. The summed E-state index contributed by atoms with van der Waals surface area (Å²) in [6.45, 7) is 4.32. The maximum absolute atomic E-state index is 8.82. The zero-order valence-electron chi connectivity index (χ0n) is 9.98. The van der Waals surface area contributed by atoms with Crippen LogP contribution < -0.4 is 0 Å². The normalized spacial score (nSPS) is 10.6. The third-order valence-electron chi connectivity index (χ3n) is 2.23. The number of benzene rings is 1.